The Bertz CT molecular complexity index is 2150. The van der Waals surface area contributed by atoms with Gasteiger partial charge < -0.3 is 33.8 Å². The van der Waals surface area contributed by atoms with Gasteiger partial charge in [-0.1, -0.05) is 372 Å². The fourth-order valence-corrected chi connectivity index (χ4v) is 13.9. The molecule has 0 aliphatic heterocycles. The quantitative estimate of drug-likeness (QED) is 0.0169. The van der Waals surface area contributed by atoms with Crippen molar-refractivity contribution in [2.75, 3.05) is 39.6 Å². The minimum atomic E-state index is -4.98. The molecule has 17 nitrogen and oxygen atoms in total. The number of aliphatic hydroxyl groups is 1. The molecule has 0 heterocycles. The van der Waals surface area contributed by atoms with Crippen molar-refractivity contribution in [3.05, 3.63) is 48.6 Å². The molecule has 0 aromatic carbocycles. The van der Waals surface area contributed by atoms with Crippen LogP contribution in [-0.4, -0.2) is 96.7 Å². The van der Waals surface area contributed by atoms with Gasteiger partial charge in [0.15, 0.2) is 12.2 Å². The second-order valence-corrected chi connectivity index (χ2v) is 32.1. The van der Waals surface area contributed by atoms with Crippen LogP contribution in [0.2, 0.25) is 0 Å². The van der Waals surface area contributed by atoms with E-state index in [1.807, 2.05) is 12.2 Å². The fraction of sp³-hybridized carbons (Fsp3) is 0.859. The molecule has 19 heteroatoms. The maximum atomic E-state index is 13.1. The van der Waals surface area contributed by atoms with Gasteiger partial charge in [0.2, 0.25) is 0 Å². The summed E-state index contributed by atoms with van der Waals surface area (Å²) in [6.45, 7) is 4.91. The van der Waals surface area contributed by atoms with E-state index in [4.69, 9.17) is 37.0 Å². The average molecular weight is 1510 g/mol. The van der Waals surface area contributed by atoms with Crippen LogP contribution in [-0.2, 0) is 65.4 Å². The number of hydrogen-bond acceptors (Lipinski definition) is 15. The molecule has 0 rings (SSSR count). The summed E-state index contributed by atoms with van der Waals surface area (Å²) in [5.41, 5.74) is 0. The van der Waals surface area contributed by atoms with Crippen LogP contribution >= 0.6 is 15.6 Å². The van der Waals surface area contributed by atoms with E-state index < -0.39 is 97.5 Å². The Hall–Kier alpha value is -2.98. The third kappa shape index (κ3) is 77.2. The average Bonchev–Trinajstić information content (AvgIpc) is 1.07. The number of ether oxygens (including phenoxy) is 4. The smallest absolute Gasteiger partial charge is 0.462 e. The van der Waals surface area contributed by atoms with Gasteiger partial charge in [-0.25, -0.2) is 9.13 Å². The van der Waals surface area contributed by atoms with Gasteiger partial charge in [-0.15, -0.1) is 0 Å². The Labute approximate surface area is 636 Å². The molecule has 0 aromatic heterocycles. The summed E-state index contributed by atoms with van der Waals surface area (Å²) in [6, 6.07) is 0. The van der Waals surface area contributed by atoms with E-state index in [-0.39, 0.29) is 25.7 Å². The van der Waals surface area contributed by atoms with Crippen molar-refractivity contribution >= 4 is 39.5 Å². The van der Waals surface area contributed by atoms with Crippen LogP contribution in [0.1, 0.15) is 413 Å². The lowest BCUT2D eigenvalue weighted by molar-refractivity contribution is -0.161. The predicted octanol–water partition coefficient (Wildman–Crippen LogP) is 25.2. The van der Waals surface area contributed by atoms with E-state index >= 15 is 0 Å². The molecule has 0 saturated carbocycles. The molecule has 2 unspecified atom stereocenters. The largest absolute Gasteiger partial charge is 0.472 e. The van der Waals surface area contributed by atoms with Gasteiger partial charge in [-0.3, -0.25) is 37.3 Å². The van der Waals surface area contributed by atoms with E-state index in [1.54, 1.807) is 0 Å². The first kappa shape index (κ1) is 101. The standard InChI is InChI=1S/C85H158O17P2/c1-5-9-13-17-21-25-29-33-37-39-43-46-50-54-58-62-66-70-83(88)96-76-80(101-84(89)71-67-63-59-55-51-47-42-36-32-28-24-20-16-12-8-4)77-99-103(91,92)97-73-79(86)74-98-104(93,94)100-78-81(75-95-82(87)69-65-61-57-53-49-45-41-35-31-27-23-19-15-11-7-3)102-85(90)72-68-64-60-56-52-48-44-40-38-34-30-26-22-18-14-10-6-2/h22,26,34,38,44,48,56,60,79-81,86H,5-21,23-25,27-33,35-37,39-43,45-47,49-55,57-59,61-78H2,1-4H3,(H,91,92)(H,93,94)/b26-22-,38-34-,48-44-,60-56-/t79-,80-,81-/m1/s1. The number of carbonyl (C=O) groups excluding carboxylic acids is 4. The predicted molar refractivity (Wildman–Crippen MR) is 427 cm³/mol. The second kappa shape index (κ2) is 78.2. The van der Waals surface area contributed by atoms with Gasteiger partial charge in [0, 0.05) is 25.7 Å². The Balaban J connectivity index is 5.35. The maximum absolute atomic E-state index is 13.1. The molecule has 0 aliphatic rings. The lowest BCUT2D eigenvalue weighted by Crippen LogP contribution is -2.30. The minimum absolute atomic E-state index is 0.0258. The van der Waals surface area contributed by atoms with E-state index in [1.165, 1.54) is 238 Å². The van der Waals surface area contributed by atoms with E-state index in [0.717, 1.165) is 89.9 Å². The zero-order valence-corrected chi connectivity index (χ0v) is 68.8. The van der Waals surface area contributed by atoms with Gasteiger partial charge in [0.1, 0.15) is 19.3 Å². The molecule has 610 valence electrons. The monoisotopic (exact) mass is 1510 g/mol. The zero-order valence-electron chi connectivity index (χ0n) is 67.0. The van der Waals surface area contributed by atoms with Gasteiger partial charge in [-0.2, -0.15) is 0 Å². The molecule has 0 bridgehead atoms. The molecule has 0 aliphatic carbocycles. The summed E-state index contributed by atoms with van der Waals surface area (Å²) in [5.74, 6) is -2.19. The summed E-state index contributed by atoms with van der Waals surface area (Å²) < 4.78 is 68.8. The van der Waals surface area contributed by atoms with Crippen LogP contribution in [0.4, 0.5) is 0 Å². The first-order chi connectivity index (χ1) is 50.7. The van der Waals surface area contributed by atoms with Crippen molar-refractivity contribution < 1.29 is 80.2 Å². The lowest BCUT2D eigenvalue weighted by Gasteiger charge is -2.21. The molecule has 0 spiro atoms. The first-order valence-electron chi connectivity index (χ1n) is 42.9. The van der Waals surface area contributed by atoms with Crippen molar-refractivity contribution in [3.8, 4) is 0 Å². The molecular weight excluding hydrogens is 1350 g/mol. The number of esters is 4. The number of hydrogen-bond donors (Lipinski definition) is 3. The Kier molecular flexibility index (Phi) is 75.9. The highest BCUT2D eigenvalue weighted by atomic mass is 31.2. The van der Waals surface area contributed by atoms with Gasteiger partial charge in [-0.05, 0) is 64.2 Å². The SMILES string of the molecule is CCCCC/C=C\C/C=C\C/C=C\C/C=C\CCCC(=O)O[C@H](COC(=O)CCCCCCCCCCCCCCCCC)COP(=O)(O)OC[C@H](O)COP(=O)(O)OC[C@@H](COC(=O)CCCCCCCCCCCCCCCCCCC)OC(=O)CCCCCCCCCCCCCCCCC. The normalized spacial score (nSPS) is 14.0. The van der Waals surface area contributed by atoms with Gasteiger partial charge >= 0.3 is 39.5 Å². The van der Waals surface area contributed by atoms with Gasteiger partial charge in [0.25, 0.3) is 0 Å². The molecular formula is C85H158O17P2. The van der Waals surface area contributed by atoms with Crippen LogP contribution in [0.25, 0.3) is 0 Å². The first-order valence-corrected chi connectivity index (χ1v) is 45.9. The minimum Gasteiger partial charge on any atom is -0.462 e. The summed E-state index contributed by atoms with van der Waals surface area (Å²) >= 11 is 0. The number of rotatable bonds is 82. The van der Waals surface area contributed by atoms with Crippen LogP contribution in [0.3, 0.4) is 0 Å². The fourth-order valence-electron chi connectivity index (χ4n) is 12.3. The molecule has 104 heavy (non-hydrogen) atoms. The number of unbranched alkanes of at least 4 members (excludes halogenated alkanes) is 48. The number of aliphatic hydroxyl groups excluding tert-OH is 1. The second-order valence-electron chi connectivity index (χ2n) is 29.2. The Morgan fingerprint density at radius 3 is 0.760 bits per heavy atom. The van der Waals surface area contributed by atoms with Crippen LogP contribution < -0.4 is 0 Å². The van der Waals surface area contributed by atoms with Crippen LogP contribution in [0, 0.1) is 0 Å². The van der Waals surface area contributed by atoms with Crippen molar-refractivity contribution in [1.82, 2.24) is 0 Å². The maximum Gasteiger partial charge on any atom is 0.472 e. The molecule has 0 saturated heterocycles. The highest BCUT2D eigenvalue weighted by Gasteiger charge is 2.30. The number of allylic oxidation sites excluding steroid dienone is 8. The summed E-state index contributed by atoms with van der Waals surface area (Å²) in [7, 11) is -9.96. The number of phosphoric ester groups is 2. The van der Waals surface area contributed by atoms with Crippen molar-refractivity contribution in [2.24, 2.45) is 0 Å². The van der Waals surface area contributed by atoms with Crippen LogP contribution in [0.5, 0.6) is 0 Å². The molecule has 0 fully saturated rings. The highest BCUT2D eigenvalue weighted by molar-refractivity contribution is 7.47. The van der Waals surface area contributed by atoms with Crippen molar-refractivity contribution in [3.63, 3.8) is 0 Å². The lowest BCUT2D eigenvalue weighted by atomic mass is 10.0. The van der Waals surface area contributed by atoms with E-state index in [0.29, 0.717) is 32.1 Å². The van der Waals surface area contributed by atoms with Crippen molar-refractivity contribution in [1.29, 1.82) is 0 Å². The summed E-state index contributed by atoms with van der Waals surface area (Å²) in [6.07, 6.45) is 77.9. The Morgan fingerprint density at radius 1 is 0.269 bits per heavy atom. The number of phosphoric acid groups is 2. The number of carbonyl (C=O) groups is 4. The van der Waals surface area contributed by atoms with E-state index in [2.05, 4.69) is 64.2 Å². The summed E-state index contributed by atoms with van der Waals surface area (Å²) in [4.78, 5) is 73.2. The van der Waals surface area contributed by atoms with Crippen molar-refractivity contribution in [2.45, 2.75) is 431 Å². The van der Waals surface area contributed by atoms with E-state index in [9.17, 15) is 43.2 Å². The van der Waals surface area contributed by atoms with Crippen LogP contribution in [0.15, 0.2) is 48.6 Å². The van der Waals surface area contributed by atoms with Gasteiger partial charge in [0.05, 0.1) is 26.4 Å². The third-order valence-electron chi connectivity index (χ3n) is 18.8. The molecule has 0 aromatic rings. The highest BCUT2D eigenvalue weighted by Crippen LogP contribution is 2.45. The third-order valence-corrected chi connectivity index (χ3v) is 20.7. The molecule has 3 N–H and O–H groups in total. The zero-order chi connectivity index (χ0) is 76.0. The molecule has 5 atom stereocenters. The molecule has 0 amide bonds. The molecule has 0 radical (unpaired) electrons. The summed E-state index contributed by atoms with van der Waals surface area (Å²) in [5, 5.41) is 10.7. The topological polar surface area (TPSA) is 237 Å². The Morgan fingerprint density at radius 2 is 0.481 bits per heavy atom.